The van der Waals surface area contributed by atoms with Gasteiger partial charge in [-0.15, -0.1) is 0 Å². The maximum Gasteiger partial charge on any atom is 0.248 e. The van der Waals surface area contributed by atoms with Gasteiger partial charge in [-0.2, -0.15) is 0 Å². The smallest absolute Gasteiger partial charge is 0.248 e. The van der Waals surface area contributed by atoms with Gasteiger partial charge >= 0.3 is 0 Å². The van der Waals surface area contributed by atoms with E-state index in [0.717, 1.165) is 37.6 Å². The lowest BCUT2D eigenvalue weighted by molar-refractivity contribution is -0.134. The molecule has 0 spiro atoms. The number of carbonyl (C=O) groups is 1. The van der Waals surface area contributed by atoms with Crippen molar-refractivity contribution in [1.29, 1.82) is 0 Å². The summed E-state index contributed by atoms with van der Waals surface area (Å²) in [6.07, 6.45) is 1.05. The molecule has 2 fully saturated rings. The Balaban J connectivity index is 1.69. The number of fused-ring (bicyclic) bond motifs is 1. The Kier molecular flexibility index (Phi) is 5.26. The first kappa shape index (κ1) is 17.0. The van der Waals surface area contributed by atoms with Crippen LogP contribution in [0.15, 0.2) is 18.2 Å². The molecule has 6 nitrogen and oxygen atoms in total. The minimum atomic E-state index is 0.0791. The van der Waals surface area contributed by atoms with Gasteiger partial charge < -0.3 is 19.1 Å². The fourth-order valence-corrected chi connectivity index (χ4v) is 3.64. The van der Waals surface area contributed by atoms with Crippen molar-refractivity contribution >= 4 is 5.91 Å². The second-order valence-electron chi connectivity index (χ2n) is 6.56. The second kappa shape index (κ2) is 7.40. The standard InChI is InChI=1S/C18H26N2O4/c1-19-15-10-20(7-6-14(15)11-24-12-18(19)21)9-13-4-5-16(22-2)17(8-13)23-3/h4-5,8,14-15H,6-7,9-12H2,1-3H3/t14-,15-/m0/s1. The number of likely N-dealkylation sites (tertiary alicyclic amines) is 1. The Morgan fingerprint density at radius 1 is 1.25 bits per heavy atom. The summed E-state index contributed by atoms with van der Waals surface area (Å²) >= 11 is 0. The third kappa shape index (κ3) is 3.49. The zero-order valence-corrected chi connectivity index (χ0v) is 14.7. The van der Waals surface area contributed by atoms with E-state index in [1.807, 2.05) is 24.1 Å². The third-order valence-corrected chi connectivity index (χ3v) is 5.11. The number of methoxy groups -OCH3 is 2. The molecular formula is C18H26N2O4. The van der Waals surface area contributed by atoms with E-state index in [-0.39, 0.29) is 18.6 Å². The Bertz CT molecular complexity index is 592. The number of piperidine rings is 1. The van der Waals surface area contributed by atoms with E-state index in [0.29, 0.717) is 12.5 Å². The lowest BCUT2D eigenvalue weighted by Gasteiger charge is -2.41. The van der Waals surface area contributed by atoms with Gasteiger partial charge in [0.15, 0.2) is 11.5 Å². The van der Waals surface area contributed by atoms with E-state index in [4.69, 9.17) is 14.2 Å². The number of carbonyl (C=O) groups excluding carboxylic acids is 1. The summed E-state index contributed by atoms with van der Waals surface area (Å²) in [6.45, 7) is 3.63. The van der Waals surface area contributed by atoms with Crippen molar-refractivity contribution in [2.24, 2.45) is 5.92 Å². The molecule has 0 radical (unpaired) electrons. The van der Waals surface area contributed by atoms with Crippen LogP contribution in [0.25, 0.3) is 0 Å². The van der Waals surface area contributed by atoms with Crippen molar-refractivity contribution in [3.63, 3.8) is 0 Å². The number of hydrogen-bond donors (Lipinski definition) is 0. The van der Waals surface area contributed by atoms with Gasteiger partial charge in [0, 0.05) is 32.1 Å². The van der Waals surface area contributed by atoms with Crippen LogP contribution < -0.4 is 9.47 Å². The lowest BCUT2D eigenvalue weighted by Crippen LogP contribution is -2.52. The van der Waals surface area contributed by atoms with Crippen LogP contribution in [0.5, 0.6) is 11.5 Å². The van der Waals surface area contributed by atoms with Crippen LogP contribution in [0.2, 0.25) is 0 Å². The Morgan fingerprint density at radius 3 is 2.79 bits per heavy atom. The molecule has 0 aliphatic carbocycles. The first-order valence-electron chi connectivity index (χ1n) is 8.39. The SMILES string of the molecule is COc1ccc(CN2CC[C@H]3COCC(=O)N(C)[C@H]3C2)cc1OC. The largest absolute Gasteiger partial charge is 0.493 e. The molecule has 1 amide bonds. The van der Waals surface area contributed by atoms with E-state index in [1.165, 1.54) is 5.56 Å². The van der Waals surface area contributed by atoms with Gasteiger partial charge in [0.2, 0.25) is 5.91 Å². The molecule has 2 atom stereocenters. The van der Waals surface area contributed by atoms with Crippen LogP contribution >= 0.6 is 0 Å². The fourth-order valence-electron chi connectivity index (χ4n) is 3.64. The van der Waals surface area contributed by atoms with Crippen molar-refractivity contribution in [2.45, 2.75) is 19.0 Å². The summed E-state index contributed by atoms with van der Waals surface area (Å²) < 4.78 is 16.2. The van der Waals surface area contributed by atoms with Crippen molar-refractivity contribution in [2.75, 3.05) is 47.6 Å². The summed E-state index contributed by atoms with van der Waals surface area (Å²) in [5.74, 6) is 2.00. The number of rotatable bonds is 4. The van der Waals surface area contributed by atoms with E-state index in [2.05, 4.69) is 11.0 Å². The van der Waals surface area contributed by atoms with Crippen LogP contribution in [0.3, 0.4) is 0 Å². The van der Waals surface area contributed by atoms with Crippen LogP contribution in [0.4, 0.5) is 0 Å². The summed E-state index contributed by atoms with van der Waals surface area (Å²) in [4.78, 5) is 16.3. The first-order valence-corrected chi connectivity index (χ1v) is 8.39. The van der Waals surface area contributed by atoms with Gasteiger partial charge in [-0.05, 0) is 30.7 Å². The normalized spacial score (nSPS) is 25.1. The molecule has 2 saturated heterocycles. The predicted molar refractivity (Wildman–Crippen MR) is 90.3 cm³/mol. The van der Waals surface area contributed by atoms with Gasteiger partial charge in [-0.1, -0.05) is 6.07 Å². The van der Waals surface area contributed by atoms with Gasteiger partial charge in [0.25, 0.3) is 0 Å². The fraction of sp³-hybridized carbons (Fsp3) is 0.611. The van der Waals surface area contributed by atoms with Crippen LogP contribution in [-0.4, -0.2) is 69.3 Å². The molecular weight excluding hydrogens is 308 g/mol. The van der Waals surface area contributed by atoms with Gasteiger partial charge in [0.05, 0.1) is 20.8 Å². The zero-order valence-electron chi connectivity index (χ0n) is 14.7. The van der Waals surface area contributed by atoms with Gasteiger partial charge in [-0.3, -0.25) is 9.69 Å². The van der Waals surface area contributed by atoms with Crippen LogP contribution in [0, 0.1) is 5.92 Å². The highest BCUT2D eigenvalue weighted by Crippen LogP contribution is 2.30. The number of amides is 1. The molecule has 6 heteroatoms. The molecule has 2 heterocycles. The Morgan fingerprint density at radius 2 is 2.04 bits per heavy atom. The summed E-state index contributed by atoms with van der Waals surface area (Å²) in [5, 5.41) is 0. The number of benzene rings is 1. The minimum Gasteiger partial charge on any atom is -0.493 e. The van der Waals surface area contributed by atoms with Gasteiger partial charge in [-0.25, -0.2) is 0 Å². The van der Waals surface area contributed by atoms with Crippen LogP contribution in [-0.2, 0) is 16.1 Å². The van der Waals surface area contributed by atoms with Crippen LogP contribution in [0.1, 0.15) is 12.0 Å². The number of nitrogens with zero attached hydrogens (tertiary/aromatic N) is 2. The molecule has 2 aliphatic rings. The molecule has 3 rings (SSSR count). The van der Waals surface area contributed by atoms with Crippen molar-refractivity contribution in [1.82, 2.24) is 9.80 Å². The topological polar surface area (TPSA) is 51.2 Å². The summed E-state index contributed by atoms with van der Waals surface area (Å²) in [7, 11) is 5.19. The zero-order chi connectivity index (χ0) is 17.1. The molecule has 132 valence electrons. The number of likely N-dealkylation sites (N-methyl/N-ethyl adjacent to an activating group) is 1. The molecule has 0 saturated carbocycles. The average Bonchev–Trinajstić information content (AvgIpc) is 2.74. The Labute approximate surface area is 143 Å². The monoisotopic (exact) mass is 334 g/mol. The molecule has 2 aliphatic heterocycles. The molecule has 1 aromatic rings. The highest BCUT2D eigenvalue weighted by atomic mass is 16.5. The van der Waals surface area contributed by atoms with E-state index in [1.54, 1.807) is 14.2 Å². The molecule has 24 heavy (non-hydrogen) atoms. The lowest BCUT2D eigenvalue weighted by atomic mass is 9.91. The minimum absolute atomic E-state index is 0.0791. The highest BCUT2D eigenvalue weighted by Gasteiger charge is 2.36. The maximum absolute atomic E-state index is 12.0. The molecule has 0 aromatic heterocycles. The maximum atomic E-state index is 12.0. The van der Waals surface area contributed by atoms with Crippen molar-refractivity contribution in [3.8, 4) is 11.5 Å². The number of hydrogen-bond acceptors (Lipinski definition) is 5. The predicted octanol–water partition coefficient (Wildman–Crippen LogP) is 1.38. The van der Waals surface area contributed by atoms with E-state index >= 15 is 0 Å². The quantitative estimate of drug-likeness (QED) is 0.833. The highest BCUT2D eigenvalue weighted by molar-refractivity contribution is 5.77. The number of ether oxygens (including phenoxy) is 3. The first-order chi connectivity index (χ1) is 11.6. The average molecular weight is 334 g/mol. The van der Waals surface area contributed by atoms with E-state index < -0.39 is 0 Å². The third-order valence-electron chi connectivity index (χ3n) is 5.11. The van der Waals surface area contributed by atoms with Crippen molar-refractivity contribution in [3.05, 3.63) is 23.8 Å². The molecule has 0 N–H and O–H groups in total. The summed E-state index contributed by atoms with van der Waals surface area (Å²) in [5.41, 5.74) is 1.19. The Hall–Kier alpha value is -1.79. The molecule has 1 aromatic carbocycles. The summed E-state index contributed by atoms with van der Waals surface area (Å²) in [6, 6.07) is 6.26. The second-order valence-corrected chi connectivity index (χ2v) is 6.56. The van der Waals surface area contributed by atoms with E-state index in [9.17, 15) is 4.79 Å². The molecule has 0 bridgehead atoms. The van der Waals surface area contributed by atoms with Crippen molar-refractivity contribution < 1.29 is 19.0 Å². The molecule has 0 unspecified atom stereocenters. The van der Waals surface area contributed by atoms with Gasteiger partial charge in [0.1, 0.15) is 6.61 Å².